The first-order valence-electron chi connectivity index (χ1n) is 13.6. The van der Waals surface area contributed by atoms with E-state index >= 15 is 0 Å². The molecular weight excluding hydrogens is 504 g/mol. The molecule has 1 aliphatic heterocycles. The average Bonchev–Trinajstić information content (AvgIpc) is 3.42. The van der Waals surface area contributed by atoms with Gasteiger partial charge in [0, 0.05) is 27.5 Å². The molecule has 0 atom stereocenters. The number of aromatic nitrogens is 3. The number of rotatable bonds is 4. The Labute approximate surface area is 236 Å². The van der Waals surface area contributed by atoms with E-state index in [0.717, 1.165) is 49.8 Å². The molecule has 3 heterocycles. The number of hydrogen-bond donors (Lipinski definition) is 0. The van der Waals surface area contributed by atoms with Crippen LogP contribution in [-0.4, -0.2) is 15.0 Å². The minimum atomic E-state index is 0.608. The summed E-state index contributed by atoms with van der Waals surface area (Å²) in [5.74, 6) is 1.86. The van der Waals surface area contributed by atoms with Crippen LogP contribution in [0.25, 0.3) is 78.6 Å². The van der Waals surface area contributed by atoms with E-state index in [4.69, 9.17) is 19.4 Å². The van der Waals surface area contributed by atoms with E-state index in [1.165, 1.54) is 11.1 Å². The zero-order chi connectivity index (χ0) is 27.2. The Morgan fingerprint density at radius 2 is 1.20 bits per heavy atom. The van der Waals surface area contributed by atoms with E-state index < -0.39 is 0 Å². The van der Waals surface area contributed by atoms with E-state index in [0.29, 0.717) is 24.0 Å². The highest BCUT2D eigenvalue weighted by molar-refractivity contribution is 6.12. The van der Waals surface area contributed by atoms with Crippen molar-refractivity contribution < 1.29 is 4.42 Å². The third kappa shape index (κ3) is 4.15. The fraction of sp³-hybridized carbons (Fsp3) is 0.0278. The van der Waals surface area contributed by atoms with Gasteiger partial charge in [-0.05, 0) is 34.9 Å². The summed E-state index contributed by atoms with van der Waals surface area (Å²) in [6, 6.07) is 39.1. The van der Waals surface area contributed by atoms with Gasteiger partial charge in [-0.3, -0.25) is 0 Å². The van der Waals surface area contributed by atoms with Crippen LogP contribution in [0.2, 0.25) is 0 Å². The Hall–Kier alpha value is -5.55. The summed E-state index contributed by atoms with van der Waals surface area (Å²) in [6.45, 7) is 0.656. The first kappa shape index (κ1) is 23.3. The van der Waals surface area contributed by atoms with Gasteiger partial charge in [-0.1, -0.05) is 109 Å². The van der Waals surface area contributed by atoms with Crippen LogP contribution in [0.1, 0.15) is 11.1 Å². The summed E-state index contributed by atoms with van der Waals surface area (Å²) in [7, 11) is 0. The lowest BCUT2D eigenvalue weighted by molar-refractivity contribution is 0.668. The zero-order valence-electron chi connectivity index (χ0n) is 22.0. The van der Waals surface area contributed by atoms with Crippen LogP contribution >= 0.6 is 0 Å². The molecule has 1 aliphatic rings. The third-order valence-corrected chi connectivity index (χ3v) is 7.54. The highest BCUT2D eigenvalue weighted by atomic mass is 16.3. The molecule has 194 valence electrons. The predicted octanol–water partition coefficient (Wildman–Crippen LogP) is 9.30. The predicted molar refractivity (Wildman–Crippen MR) is 165 cm³/mol. The molecule has 0 saturated carbocycles. The Bertz CT molecular complexity index is 2080. The monoisotopic (exact) mass is 527 g/mol. The molecule has 0 N–H and O–H groups in total. The fourth-order valence-corrected chi connectivity index (χ4v) is 5.48. The first-order chi connectivity index (χ1) is 20.3. The molecule has 0 bridgehead atoms. The van der Waals surface area contributed by atoms with Gasteiger partial charge >= 0.3 is 0 Å². The van der Waals surface area contributed by atoms with Crippen LogP contribution in [0.15, 0.2) is 126 Å². The summed E-state index contributed by atoms with van der Waals surface area (Å²) in [5.41, 5.74) is 9.05. The summed E-state index contributed by atoms with van der Waals surface area (Å²) in [5, 5.41) is 6.48. The van der Waals surface area contributed by atoms with Crippen molar-refractivity contribution in [2.24, 2.45) is 0 Å². The molecule has 5 heteroatoms. The van der Waals surface area contributed by atoms with Crippen molar-refractivity contribution in [3.63, 3.8) is 0 Å². The minimum absolute atomic E-state index is 0.608. The molecular formula is C36H23N4O-. The molecule has 8 rings (SSSR count). The maximum Gasteiger partial charge on any atom is 0.164 e. The van der Waals surface area contributed by atoms with Crippen molar-refractivity contribution in [3.8, 4) is 45.3 Å². The van der Waals surface area contributed by atoms with Gasteiger partial charge < -0.3 is 9.73 Å². The molecule has 7 aromatic rings. The maximum atomic E-state index is 6.33. The summed E-state index contributed by atoms with van der Waals surface area (Å²) < 4.78 is 6.33. The molecule has 0 aliphatic carbocycles. The second-order valence-electron chi connectivity index (χ2n) is 10.1. The summed E-state index contributed by atoms with van der Waals surface area (Å²) in [6.07, 6.45) is 3.88. The number of benzene rings is 5. The lowest BCUT2D eigenvalue weighted by Gasteiger charge is -2.22. The number of fused-ring (bicyclic) bond motifs is 4. The van der Waals surface area contributed by atoms with Crippen molar-refractivity contribution in [1.82, 2.24) is 15.0 Å². The topological polar surface area (TPSA) is 65.9 Å². The smallest absolute Gasteiger partial charge is 0.164 e. The highest BCUT2D eigenvalue weighted by Crippen LogP contribution is 2.39. The molecule has 0 spiro atoms. The van der Waals surface area contributed by atoms with Crippen molar-refractivity contribution >= 4 is 28.0 Å². The maximum absolute atomic E-state index is 6.33. The van der Waals surface area contributed by atoms with Gasteiger partial charge in [0.2, 0.25) is 0 Å². The molecule has 5 aromatic carbocycles. The molecule has 0 saturated heterocycles. The quantitative estimate of drug-likeness (QED) is 0.229. The molecule has 41 heavy (non-hydrogen) atoms. The van der Waals surface area contributed by atoms with Gasteiger partial charge in [-0.2, -0.15) is 6.20 Å². The van der Waals surface area contributed by atoms with Gasteiger partial charge in [0.15, 0.2) is 17.5 Å². The Morgan fingerprint density at radius 3 is 1.95 bits per heavy atom. The lowest BCUT2D eigenvalue weighted by atomic mass is 9.99. The SMILES string of the molecule is C1=Cc2cc3oc4cccc(-c5nc(-c6ccccc6)nc(-c6ccc(-c7ccccc7)cc6)n5)c4c3cc2C[N-]1. The van der Waals surface area contributed by atoms with E-state index in [1.807, 2.05) is 60.8 Å². The second-order valence-corrected chi connectivity index (χ2v) is 10.1. The molecule has 5 nitrogen and oxygen atoms in total. The largest absolute Gasteiger partial charge is 0.687 e. The van der Waals surface area contributed by atoms with Crippen LogP contribution < -0.4 is 0 Å². The zero-order valence-corrected chi connectivity index (χ0v) is 22.0. The molecule has 2 aromatic heterocycles. The van der Waals surface area contributed by atoms with E-state index in [1.54, 1.807) is 0 Å². The van der Waals surface area contributed by atoms with Crippen LogP contribution in [0, 0.1) is 0 Å². The van der Waals surface area contributed by atoms with Gasteiger partial charge in [0.05, 0.1) is 0 Å². The summed E-state index contributed by atoms with van der Waals surface area (Å²) in [4.78, 5) is 15.0. The molecule has 0 amide bonds. The van der Waals surface area contributed by atoms with E-state index in [2.05, 4.69) is 72.0 Å². The van der Waals surface area contributed by atoms with Crippen molar-refractivity contribution in [3.05, 3.63) is 138 Å². The minimum Gasteiger partial charge on any atom is -0.687 e. The van der Waals surface area contributed by atoms with Crippen LogP contribution in [0.4, 0.5) is 0 Å². The Morgan fingerprint density at radius 1 is 0.561 bits per heavy atom. The average molecular weight is 528 g/mol. The van der Waals surface area contributed by atoms with E-state index in [-0.39, 0.29) is 0 Å². The summed E-state index contributed by atoms with van der Waals surface area (Å²) >= 11 is 0. The standard InChI is InChI=1S/C36H23N4O/c1-3-8-23(9-4-1)24-14-16-26(17-15-24)35-38-34(25-10-5-2-6-11-25)39-36(40-35)29-12-7-13-31-33(29)30-20-28-22-37-19-18-27(28)21-32(30)41-31/h1-21H,22H2/q-1. The van der Waals surface area contributed by atoms with Crippen LogP contribution in [0.3, 0.4) is 0 Å². The van der Waals surface area contributed by atoms with Gasteiger partial charge in [-0.15, -0.1) is 6.54 Å². The van der Waals surface area contributed by atoms with Crippen molar-refractivity contribution in [2.75, 3.05) is 0 Å². The molecule has 0 unspecified atom stereocenters. The van der Waals surface area contributed by atoms with Crippen LogP contribution in [0.5, 0.6) is 0 Å². The highest BCUT2D eigenvalue weighted by Gasteiger charge is 2.18. The number of furan rings is 1. The lowest BCUT2D eigenvalue weighted by Crippen LogP contribution is -2.00. The Balaban J connectivity index is 1.32. The van der Waals surface area contributed by atoms with E-state index in [9.17, 15) is 0 Å². The van der Waals surface area contributed by atoms with Crippen LogP contribution in [-0.2, 0) is 6.54 Å². The van der Waals surface area contributed by atoms with Gasteiger partial charge in [-0.25, -0.2) is 15.0 Å². The first-order valence-corrected chi connectivity index (χ1v) is 13.6. The Kier molecular flexibility index (Phi) is 5.45. The number of hydrogen-bond acceptors (Lipinski definition) is 4. The molecule has 0 radical (unpaired) electrons. The van der Waals surface area contributed by atoms with Crippen molar-refractivity contribution in [2.45, 2.75) is 6.54 Å². The van der Waals surface area contributed by atoms with Crippen molar-refractivity contribution in [1.29, 1.82) is 0 Å². The normalized spacial score (nSPS) is 12.4. The van der Waals surface area contributed by atoms with Gasteiger partial charge in [0.25, 0.3) is 0 Å². The number of nitrogens with zero attached hydrogens (tertiary/aromatic N) is 4. The fourth-order valence-electron chi connectivity index (χ4n) is 5.48. The van der Waals surface area contributed by atoms with Gasteiger partial charge in [0.1, 0.15) is 11.2 Å². The third-order valence-electron chi connectivity index (χ3n) is 7.54. The molecule has 0 fully saturated rings. The second kappa shape index (κ2) is 9.57.